The second kappa shape index (κ2) is 6.08. The lowest BCUT2D eigenvalue weighted by atomic mass is 10.0. The Morgan fingerprint density at radius 3 is 2.54 bits per heavy atom. The fraction of sp³-hybridized carbons (Fsp3) is 0.111. The highest BCUT2D eigenvalue weighted by molar-refractivity contribution is 6.12. The Hall–Kier alpha value is -3.28. The van der Waals surface area contributed by atoms with Crippen LogP contribution < -0.4 is 14.9 Å². The van der Waals surface area contributed by atoms with Crippen molar-refractivity contribution in [3.05, 3.63) is 63.9 Å². The molecule has 6 heteroatoms. The number of H-pyrrole nitrogens is 1. The smallest absolute Gasteiger partial charge is 0.231 e. The van der Waals surface area contributed by atoms with Gasteiger partial charge in [0.2, 0.25) is 11.2 Å². The maximum absolute atomic E-state index is 12.7. The number of pyridine rings is 1. The van der Waals surface area contributed by atoms with E-state index in [4.69, 9.17) is 9.47 Å². The van der Waals surface area contributed by atoms with Gasteiger partial charge in [0.15, 0.2) is 5.75 Å². The van der Waals surface area contributed by atoms with Gasteiger partial charge in [-0.15, -0.1) is 0 Å². The molecule has 2 N–H and O–H groups in total. The van der Waals surface area contributed by atoms with E-state index in [1.807, 2.05) is 0 Å². The molecule has 0 radical (unpaired) electrons. The Bertz CT molecular complexity index is 990. The van der Waals surface area contributed by atoms with Crippen molar-refractivity contribution < 1.29 is 19.4 Å². The van der Waals surface area contributed by atoms with Gasteiger partial charge in [-0.1, -0.05) is 12.1 Å². The first-order valence-electron chi connectivity index (χ1n) is 7.17. The highest BCUT2D eigenvalue weighted by Gasteiger charge is 2.21. The number of rotatable bonds is 4. The number of hydrogen-bond acceptors (Lipinski definition) is 5. The molecule has 6 nitrogen and oxygen atoms in total. The van der Waals surface area contributed by atoms with Crippen LogP contribution in [0.2, 0.25) is 0 Å². The van der Waals surface area contributed by atoms with Crippen LogP contribution in [0.15, 0.2) is 47.3 Å². The van der Waals surface area contributed by atoms with E-state index in [9.17, 15) is 14.7 Å². The van der Waals surface area contributed by atoms with Gasteiger partial charge >= 0.3 is 0 Å². The molecule has 0 saturated heterocycles. The molecule has 3 rings (SSSR count). The lowest BCUT2D eigenvalue weighted by Crippen LogP contribution is -2.13. The van der Waals surface area contributed by atoms with Crippen LogP contribution in [0.25, 0.3) is 10.9 Å². The molecule has 0 spiro atoms. The molecule has 3 aromatic rings. The van der Waals surface area contributed by atoms with Gasteiger partial charge in [0.1, 0.15) is 17.2 Å². The van der Waals surface area contributed by atoms with E-state index in [0.29, 0.717) is 17.0 Å². The summed E-state index contributed by atoms with van der Waals surface area (Å²) in [4.78, 5) is 28.0. The van der Waals surface area contributed by atoms with Crippen LogP contribution in [0.1, 0.15) is 16.1 Å². The van der Waals surface area contributed by atoms with Crippen molar-refractivity contribution in [2.24, 2.45) is 0 Å². The van der Waals surface area contributed by atoms with Crippen molar-refractivity contribution in [1.82, 2.24) is 4.98 Å². The molecular formula is C18H15NO5. The third-order valence-electron chi connectivity index (χ3n) is 3.76. The van der Waals surface area contributed by atoms with Gasteiger partial charge in [-0.3, -0.25) is 9.59 Å². The van der Waals surface area contributed by atoms with Gasteiger partial charge in [0, 0.05) is 0 Å². The van der Waals surface area contributed by atoms with E-state index in [2.05, 4.69) is 4.98 Å². The number of para-hydroxylation sites is 1. The molecule has 1 heterocycles. The topological polar surface area (TPSA) is 88.6 Å². The molecule has 0 atom stereocenters. The van der Waals surface area contributed by atoms with Crippen molar-refractivity contribution in [3.8, 4) is 17.2 Å². The molecule has 1 aromatic heterocycles. The second-order valence-corrected chi connectivity index (χ2v) is 5.12. The van der Waals surface area contributed by atoms with Crippen molar-refractivity contribution in [3.63, 3.8) is 0 Å². The van der Waals surface area contributed by atoms with E-state index in [1.54, 1.807) is 36.4 Å². The van der Waals surface area contributed by atoms with E-state index >= 15 is 0 Å². The van der Waals surface area contributed by atoms with Crippen LogP contribution in [0, 0.1) is 0 Å². The molecule has 0 saturated carbocycles. The zero-order valence-corrected chi connectivity index (χ0v) is 13.1. The average molecular weight is 325 g/mol. The van der Waals surface area contributed by atoms with E-state index in [-0.39, 0.29) is 16.6 Å². The SMILES string of the molecule is COc1ccc2[nH]c(C(=O)c3ccccc3OC)c(O)c(=O)c2c1. The Labute approximate surface area is 137 Å². The number of carbonyl (C=O) groups is 1. The molecule has 0 bridgehead atoms. The first kappa shape index (κ1) is 15.6. The number of fused-ring (bicyclic) bond motifs is 1. The fourth-order valence-electron chi connectivity index (χ4n) is 2.51. The predicted molar refractivity (Wildman–Crippen MR) is 89.2 cm³/mol. The second-order valence-electron chi connectivity index (χ2n) is 5.12. The summed E-state index contributed by atoms with van der Waals surface area (Å²) in [5.74, 6) is -0.319. The number of ether oxygens (including phenoxy) is 2. The third-order valence-corrected chi connectivity index (χ3v) is 3.76. The Morgan fingerprint density at radius 1 is 1.08 bits per heavy atom. The molecule has 0 aliphatic carbocycles. The van der Waals surface area contributed by atoms with Crippen LogP contribution in [0.3, 0.4) is 0 Å². The summed E-state index contributed by atoms with van der Waals surface area (Å²) in [5, 5.41) is 10.4. The number of benzene rings is 2. The third kappa shape index (κ3) is 2.48. The molecule has 24 heavy (non-hydrogen) atoms. The number of ketones is 1. The molecule has 0 amide bonds. The van der Waals surface area contributed by atoms with E-state index in [1.165, 1.54) is 20.3 Å². The predicted octanol–water partition coefficient (Wildman–Crippen LogP) is 2.48. The van der Waals surface area contributed by atoms with E-state index in [0.717, 1.165) is 0 Å². The number of aromatic nitrogens is 1. The number of aromatic amines is 1. The minimum Gasteiger partial charge on any atom is -0.503 e. The molecule has 0 aliphatic heterocycles. The van der Waals surface area contributed by atoms with Gasteiger partial charge in [-0.25, -0.2) is 0 Å². The summed E-state index contributed by atoms with van der Waals surface area (Å²) >= 11 is 0. The molecular weight excluding hydrogens is 310 g/mol. The first-order valence-corrected chi connectivity index (χ1v) is 7.17. The van der Waals surface area contributed by atoms with Gasteiger partial charge in [0.05, 0.1) is 30.7 Å². The first-order chi connectivity index (χ1) is 11.6. The van der Waals surface area contributed by atoms with Crippen molar-refractivity contribution in [1.29, 1.82) is 0 Å². The fourth-order valence-corrected chi connectivity index (χ4v) is 2.51. The number of hydrogen-bond donors (Lipinski definition) is 2. The Morgan fingerprint density at radius 2 is 1.83 bits per heavy atom. The molecule has 0 fully saturated rings. The summed E-state index contributed by atoms with van der Waals surface area (Å²) < 4.78 is 10.2. The summed E-state index contributed by atoms with van der Waals surface area (Å²) in [7, 11) is 2.93. The van der Waals surface area contributed by atoms with Crippen molar-refractivity contribution in [2.75, 3.05) is 14.2 Å². The molecule has 122 valence electrons. The normalized spacial score (nSPS) is 10.6. The maximum Gasteiger partial charge on any atom is 0.231 e. The quantitative estimate of drug-likeness (QED) is 0.719. The maximum atomic E-state index is 12.7. The molecule has 2 aromatic carbocycles. The summed E-state index contributed by atoms with van der Waals surface area (Å²) in [6.45, 7) is 0. The highest BCUT2D eigenvalue weighted by atomic mass is 16.5. The Kier molecular flexibility index (Phi) is 3.95. The zero-order chi connectivity index (χ0) is 17.3. The number of carbonyl (C=O) groups excluding carboxylic acids is 1. The van der Waals surface area contributed by atoms with Gasteiger partial charge in [-0.2, -0.15) is 0 Å². The van der Waals surface area contributed by atoms with Crippen LogP contribution in [-0.2, 0) is 0 Å². The Balaban J connectivity index is 2.22. The van der Waals surface area contributed by atoms with Gasteiger partial charge in [0.25, 0.3) is 0 Å². The lowest BCUT2D eigenvalue weighted by molar-refractivity contribution is 0.102. The van der Waals surface area contributed by atoms with Crippen LogP contribution in [-0.4, -0.2) is 30.1 Å². The summed E-state index contributed by atoms with van der Waals surface area (Å²) in [5.41, 5.74) is -0.140. The zero-order valence-electron chi connectivity index (χ0n) is 13.1. The average Bonchev–Trinajstić information content (AvgIpc) is 2.63. The number of nitrogens with one attached hydrogen (secondary N) is 1. The monoisotopic (exact) mass is 325 g/mol. The summed E-state index contributed by atoms with van der Waals surface area (Å²) in [6, 6.07) is 11.4. The minimum absolute atomic E-state index is 0.179. The largest absolute Gasteiger partial charge is 0.503 e. The van der Waals surface area contributed by atoms with Gasteiger partial charge < -0.3 is 19.6 Å². The minimum atomic E-state index is -0.638. The van der Waals surface area contributed by atoms with E-state index < -0.39 is 17.0 Å². The van der Waals surface area contributed by atoms with Gasteiger partial charge in [-0.05, 0) is 30.3 Å². The number of methoxy groups -OCH3 is 2. The highest BCUT2D eigenvalue weighted by Crippen LogP contribution is 2.25. The van der Waals surface area contributed by atoms with Crippen molar-refractivity contribution >= 4 is 16.7 Å². The molecule has 0 aliphatic rings. The molecule has 0 unspecified atom stereocenters. The number of aromatic hydroxyl groups is 1. The van der Waals surface area contributed by atoms with Crippen LogP contribution in [0.4, 0.5) is 0 Å². The van der Waals surface area contributed by atoms with Crippen LogP contribution >= 0.6 is 0 Å². The standard InChI is InChI=1S/C18H15NO5/c1-23-10-7-8-13-12(9-10)17(21)18(22)15(19-13)16(20)11-5-3-4-6-14(11)24-2/h3-9,22H,1-2H3,(H,19,21). The van der Waals surface area contributed by atoms with Crippen molar-refractivity contribution in [2.45, 2.75) is 0 Å². The summed E-state index contributed by atoms with van der Waals surface area (Å²) in [6.07, 6.45) is 0. The van der Waals surface area contributed by atoms with Crippen LogP contribution in [0.5, 0.6) is 17.2 Å². The lowest BCUT2D eigenvalue weighted by Gasteiger charge is -2.10.